The number of piperidine rings is 1. The average Bonchev–Trinajstić information content (AvgIpc) is 3.28. The van der Waals surface area contributed by atoms with Crippen LogP contribution in [0.2, 0.25) is 0 Å². The molecule has 0 bridgehead atoms. The molecule has 3 aromatic rings. The summed E-state index contributed by atoms with van der Waals surface area (Å²) >= 11 is 0. The largest absolute Gasteiger partial charge is 0.494 e. The molecular formula is C23H26N4O5S. The molecule has 1 fully saturated rings. The summed E-state index contributed by atoms with van der Waals surface area (Å²) in [5.41, 5.74) is 0.967. The number of benzene rings is 2. The number of hydrogen-bond donors (Lipinski definition) is 1. The Morgan fingerprint density at radius 2 is 1.88 bits per heavy atom. The molecule has 174 valence electrons. The third-order valence-electron chi connectivity index (χ3n) is 5.43. The van der Waals surface area contributed by atoms with Gasteiger partial charge < -0.3 is 9.15 Å². The standard InChI is InChI=1S/C23H26N4O5S/c1-3-31-19-10-6-18(7-11-19)22-25-26-23(32-22)24-21(28)17-8-12-20(13-9-17)33(29,30)27-14-4-5-16(2)15-27/h6-13,16H,3-5,14-15H2,1-2H3,(H,24,26,28). The third-order valence-corrected chi connectivity index (χ3v) is 7.31. The van der Waals surface area contributed by atoms with Crippen LogP contribution in [0, 0.1) is 5.92 Å². The van der Waals surface area contributed by atoms with E-state index in [0.717, 1.165) is 18.6 Å². The molecule has 0 spiro atoms. The second-order valence-corrected chi connectivity index (χ2v) is 9.90. The molecule has 1 N–H and O–H groups in total. The lowest BCUT2D eigenvalue weighted by atomic mass is 10.0. The second-order valence-electron chi connectivity index (χ2n) is 7.96. The highest BCUT2D eigenvalue weighted by molar-refractivity contribution is 7.89. The lowest BCUT2D eigenvalue weighted by Crippen LogP contribution is -2.39. The van der Waals surface area contributed by atoms with E-state index in [9.17, 15) is 13.2 Å². The average molecular weight is 471 g/mol. The van der Waals surface area contributed by atoms with Crippen LogP contribution >= 0.6 is 0 Å². The van der Waals surface area contributed by atoms with Crippen molar-refractivity contribution in [3.8, 4) is 17.2 Å². The number of hydrogen-bond acceptors (Lipinski definition) is 7. The summed E-state index contributed by atoms with van der Waals surface area (Å²) < 4.78 is 38.2. The molecule has 9 nitrogen and oxygen atoms in total. The molecule has 0 radical (unpaired) electrons. The summed E-state index contributed by atoms with van der Waals surface area (Å²) in [6.07, 6.45) is 1.88. The van der Waals surface area contributed by atoms with Gasteiger partial charge in [0.1, 0.15) is 5.75 Å². The quantitative estimate of drug-likeness (QED) is 0.558. The molecule has 1 atom stereocenters. The van der Waals surface area contributed by atoms with Crippen molar-refractivity contribution < 1.29 is 22.4 Å². The maximum Gasteiger partial charge on any atom is 0.322 e. The van der Waals surface area contributed by atoms with Crippen molar-refractivity contribution >= 4 is 21.9 Å². The minimum Gasteiger partial charge on any atom is -0.494 e. The van der Waals surface area contributed by atoms with Crippen molar-refractivity contribution in [2.75, 3.05) is 25.0 Å². The first-order chi connectivity index (χ1) is 15.9. The van der Waals surface area contributed by atoms with E-state index in [0.29, 0.717) is 31.2 Å². The van der Waals surface area contributed by atoms with E-state index in [1.807, 2.05) is 13.8 Å². The Morgan fingerprint density at radius 1 is 1.15 bits per heavy atom. The first-order valence-corrected chi connectivity index (χ1v) is 12.3. The molecule has 2 aromatic carbocycles. The van der Waals surface area contributed by atoms with Crippen molar-refractivity contribution in [1.29, 1.82) is 0 Å². The summed E-state index contributed by atoms with van der Waals surface area (Å²) in [5.74, 6) is 0.841. The Hall–Kier alpha value is -3.24. The molecule has 1 aliphatic rings. The van der Waals surface area contributed by atoms with Gasteiger partial charge in [0.2, 0.25) is 15.9 Å². The second kappa shape index (κ2) is 9.72. The van der Waals surface area contributed by atoms with Gasteiger partial charge in [0.25, 0.3) is 5.91 Å². The van der Waals surface area contributed by atoms with Crippen LogP contribution in [0.15, 0.2) is 57.8 Å². The van der Waals surface area contributed by atoms with Gasteiger partial charge in [-0.25, -0.2) is 8.42 Å². The predicted octanol–water partition coefficient (Wildman–Crippen LogP) is 3.81. The van der Waals surface area contributed by atoms with Gasteiger partial charge in [-0.05, 0) is 74.2 Å². The monoisotopic (exact) mass is 470 g/mol. The number of carbonyl (C=O) groups excluding carboxylic acids is 1. The molecular weight excluding hydrogens is 444 g/mol. The van der Waals surface area contributed by atoms with Gasteiger partial charge in [0.05, 0.1) is 11.5 Å². The Bertz CT molecular complexity index is 1210. The summed E-state index contributed by atoms with van der Waals surface area (Å²) in [6, 6.07) is 12.9. The lowest BCUT2D eigenvalue weighted by Gasteiger charge is -2.30. The van der Waals surface area contributed by atoms with E-state index >= 15 is 0 Å². The first-order valence-electron chi connectivity index (χ1n) is 10.8. The van der Waals surface area contributed by atoms with Crippen LogP contribution in [-0.4, -0.2) is 48.5 Å². The van der Waals surface area contributed by atoms with E-state index < -0.39 is 15.9 Å². The van der Waals surface area contributed by atoms with Gasteiger partial charge in [0.15, 0.2) is 0 Å². The smallest absolute Gasteiger partial charge is 0.322 e. The maximum atomic E-state index is 12.9. The van der Waals surface area contributed by atoms with Crippen LogP contribution < -0.4 is 10.1 Å². The van der Waals surface area contributed by atoms with E-state index in [1.54, 1.807) is 24.3 Å². The van der Waals surface area contributed by atoms with E-state index in [1.165, 1.54) is 28.6 Å². The molecule has 4 rings (SSSR count). The number of nitrogens with one attached hydrogen (secondary N) is 1. The molecule has 33 heavy (non-hydrogen) atoms. The highest BCUT2D eigenvalue weighted by Gasteiger charge is 2.28. The van der Waals surface area contributed by atoms with E-state index in [-0.39, 0.29) is 22.4 Å². The number of sulfonamides is 1. The number of amides is 1. The van der Waals surface area contributed by atoms with E-state index in [2.05, 4.69) is 15.5 Å². The Morgan fingerprint density at radius 3 is 2.55 bits per heavy atom. The van der Waals surface area contributed by atoms with Crippen LogP contribution in [0.25, 0.3) is 11.5 Å². The van der Waals surface area contributed by atoms with Crippen LogP contribution in [0.3, 0.4) is 0 Å². The number of carbonyl (C=O) groups is 1. The number of aromatic nitrogens is 2. The molecule has 0 aliphatic carbocycles. The van der Waals surface area contributed by atoms with Crippen molar-refractivity contribution in [2.45, 2.75) is 31.6 Å². The lowest BCUT2D eigenvalue weighted by molar-refractivity contribution is 0.102. The van der Waals surface area contributed by atoms with Crippen molar-refractivity contribution in [1.82, 2.24) is 14.5 Å². The SMILES string of the molecule is CCOc1ccc(-c2nnc(NC(=O)c3ccc(S(=O)(=O)N4CCCC(C)C4)cc3)o2)cc1. The predicted molar refractivity (Wildman–Crippen MR) is 122 cm³/mol. The molecule has 1 amide bonds. The van der Waals surface area contributed by atoms with Crippen LogP contribution in [0.4, 0.5) is 6.01 Å². The Labute approximate surface area is 192 Å². The first kappa shape index (κ1) is 22.9. The minimum atomic E-state index is -3.58. The summed E-state index contributed by atoms with van der Waals surface area (Å²) in [4.78, 5) is 12.7. The number of nitrogens with zero attached hydrogens (tertiary/aromatic N) is 3. The maximum absolute atomic E-state index is 12.9. The van der Waals surface area contributed by atoms with Crippen molar-refractivity contribution in [2.24, 2.45) is 5.92 Å². The molecule has 1 unspecified atom stereocenters. The summed E-state index contributed by atoms with van der Waals surface area (Å²) in [5, 5.41) is 10.4. The van der Waals surface area contributed by atoms with Gasteiger partial charge in [0, 0.05) is 24.2 Å². The zero-order valence-corrected chi connectivity index (χ0v) is 19.3. The van der Waals surface area contributed by atoms with Crippen molar-refractivity contribution in [3.05, 3.63) is 54.1 Å². The third kappa shape index (κ3) is 5.23. The van der Waals surface area contributed by atoms with Crippen molar-refractivity contribution in [3.63, 3.8) is 0 Å². The summed E-state index contributed by atoms with van der Waals surface area (Å²) in [6.45, 7) is 5.55. The van der Waals surface area contributed by atoms with E-state index in [4.69, 9.17) is 9.15 Å². The fourth-order valence-electron chi connectivity index (χ4n) is 3.71. The highest BCUT2D eigenvalue weighted by atomic mass is 32.2. The minimum absolute atomic E-state index is 0.0529. The molecule has 2 heterocycles. The zero-order valence-electron chi connectivity index (χ0n) is 18.5. The van der Waals surface area contributed by atoms with Gasteiger partial charge in [-0.3, -0.25) is 10.1 Å². The fourth-order valence-corrected chi connectivity index (χ4v) is 5.31. The number of rotatable bonds is 7. The van der Waals surface area contributed by atoms with Crippen LogP contribution in [0.5, 0.6) is 5.75 Å². The molecule has 1 saturated heterocycles. The van der Waals surface area contributed by atoms with Crippen LogP contribution in [-0.2, 0) is 10.0 Å². The molecule has 0 saturated carbocycles. The van der Waals surface area contributed by atoms with Gasteiger partial charge in [-0.15, -0.1) is 5.10 Å². The highest BCUT2D eigenvalue weighted by Crippen LogP contribution is 2.25. The molecule has 1 aliphatic heterocycles. The molecule has 10 heteroatoms. The normalized spacial score (nSPS) is 17.0. The Kier molecular flexibility index (Phi) is 6.75. The number of ether oxygens (including phenoxy) is 1. The van der Waals surface area contributed by atoms with Gasteiger partial charge >= 0.3 is 6.01 Å². The molecule has 1 aromatic heterocycles. The fraction of sp³-hybridized carbons (Fsp3) is 0.348. The van der Waals surface area contributed by atoms with Gasteiger partial charge in [-0.2, -0.15) is 4.31 Å². The van der Waals surface area contributed by atoms with Crippen LogP contribution in [0.1, 0.15) is 37.0 Å². The number of anilines is 1. The summed E-state index contributed by atoms with van der Waals surface area (Å²) in [7, 11) is -3.58. The zero-order chi connectivity index (χ0) is 23.4. The topological polar surface area (TPSA) is 115 Å². The Balaban J connectivity index is 1.42. The van der Waals surface area contributed by atoms with Gasteiger partial charge in [-0.1, -0.05) is 12.0 Å².